The van der Waals surface area contributed by atoms with Gasteiger partial charge in [0.05, 0.1) is 23.9 Å². The lowest BCUT2D eigenvalue weighted by Crippen LogP contribution is -2.14. The summed E-state index contributed by atoms with van der Waals surface area (Å²) in [6, 6.07) is 16.0. The van der Waals surface area contributed by atoms with Crippen LogP contribution < -0.4 is 14.8 Å². The van der Waals surface area contributed by atoms with Gasteiger partial charge in [-0.2, -0.15) is 0 Å². The summed E-state index contributed by atoms with van der Waals surface area (Å²) in [5, 5.41) is 3.23. The molecule has 0 atom stereocenters. The molecule has 0 saturated carbocycles. The van der Waals surface area contributed by atoms with E-state index in [0.717, 1.165) is 22.5 Å². The molecule has 3 aromatic rings. The summed E-state index contributed by atoms with van der Waals surface area (Å²) in [4.78, 5) is 4.34. The van der Waals surface area contributed by atoms with Crippen LogP contribution in [0.3, 0.4) is 0 Å². The molecule has 7 heteroatoms. The van der Waals surface area contributed by atoms with Gasteiger partial charge in [-0.3, -0.25) is 4.72 Å². The van der Waals surface area contributed by atoms with Gasteiger partial charge in [0.1, 0.15) is 11.6 Å². The highest BCUT2D eigenvalue weighted by Crippen LogP contribution is 2.23. The Balaban J connectivity index is 1.74. The molecule has 0 spiro atoms. The number of ether oxygens (including phenoxy) is 1. The van der Waals surface area contributed by atoms with Crippen molar-refractivity contribution >= 4 is 27.2 Å². The van der Waals surface area contributed by atoms with Crippen LogP contribution in [-0.4, -0.2) is 20.5 Å². The second-order valence-corrected chi connectivity index (χ2v) is 7.85. The molecule has 0 aliphatic carbocycles. The number of methoxy groups -OCH3 is 1. The van der Waals surface area contributed by atoms with Crippen LogP contribution in [0.15, 0.2) is 65.7 Å². The fourth-order valence-electron chi connectivity index (χ4n) is 2.63. The predicted octanol–water partition coefficient (Wildman–Crippen LogP) is 4.25. The highest BCUT2D eigenvalue weighted by atomic mass is 32.2. The lowest BCUT2D eigenvalue weighted by molar-refractivity contribution is 0.411. The summed E-state index contributed by atoms with van der Waals surface area (Å²) >= 11 is 0. The molecular weight excluding hydrogens is 362 g/mol. The highest BCUT2D eigenvalue weighted by molar-refractivity contribution is 7.92. The summed E-state index contributed by atoms with van der Waals surface area (Å²) in [6.45, 7) is 3.81. The van der Waals surface area contributed by atoms with Gasteiger partial charge < -0.3 is 10.1 Å². The maximum absolute atomic E-state index is 12.6. The van der Waals surface area contributed by atoms with E-state index in [0.29, 0.717) is 5.75 Å². The Morgan fingerprint density at radius 1 is 0.963 bits per heavy atom. The molecule has 2 aromatic carbocycles. The van der Waals surface area contributed by atoms with Crippen molar-refractivity contribution in [3.8, 4) is 5.75 Å². The lowest BCUT2D eigenvalue weighted by Gasteiger charge is -2.11. The third kappa shape index (κ3) is 4.57. The first-order valence-electron chi connectivity index (χ1n) is 8.34. The van der Waals surface area contributed by atoms with Gasteiger partial charge in [0.25, 0.3) is 10.0 Å². The molecule has 0 amide bonds. The maximum Gasteiger partial charge on any atom is 0.263 e. The average Bonchev–Trinajstić information content (AvgIpc) is 2.63. The number of sulfonamides is 1. The molecule has 2 N–H and O–H groups in total. The van der Waals surface area contributed by atoms with E-state index in [9.17, 15) is 8.42 Å². The van der Waals surface area contributed by atoms with Gasteiger partial charge in [-0.1, -0.05) is 12.1 Å². The fraction of sp³-hybridized carbons (Fsp3) is 0.150. The van der Waals surface area contributed by atoms with Crippen molar-refractivity contribution in [1.82, 2.24) is 4.98 Å². The van der Waals surface area contributed by atoms with Crippen molar-refractivity contribution in [2.24, 2.45) is 0 Å². The molecule has 140 valence electrons. The SMILES string of the molecule is COc1ccc(S(=O)(=O)Nc2ccc(Nc3cccc(C)c3)cn2)cc1C. The Kier molecular flexibility index (Phi) is 5.32. The van der Waals surface area contributed by atoms with E-state index in [1.165, 1.54) is 6.07 Å². The van der Waals surface area contributed by atoms with E-state index in [4.69, 9.17) is 4.74 Å². The highest BCUT2D eigenvalue weighted by Gasteiger charge is 2.16. The molecule has 0 saturated heterocycles. The third-order valence-corrected chi connectivity index (χ3v) is 5.34. The Bertz CT molecular complexity index is 1050. The van der Waals surface area contributed by atoms with Crippen LogP contribution in [0.5, 0.6) is 5.75 Å². The number of pyridine rings is 1. The van der Waals surface area contributed by atoms with E-state index in [1.807, 2.05) is 31.2 Å². The second-order valence-electron chi connectivity index (χ2n) is 6.16. The Morgan fingerprint density at radius 2 is 1.78 bits per heavy atom. The largest absolute Gasteiger partial charge is 0.496 e. The van der Waals surface area contributed by atoms with Crippen molar-refractivity contribution in [2.75, 3.05) is 17.1 Å². The number of aryl methyl sites for hydroxylation is 2. The number of nitrogens with zero attached hydrogens (tertiary/aromatic N) is 1. The van der Waals surface area contributed by atoms with Crippen LogP contribution in [0.2, 0.25) is 0 Å². The Labute approximate surface area is 159 Å². The first kappa shape index (κ1) is 18.7. The van der Waals surface area contributed by atoms with E-state index in [-0.39, 0.29) is 10.7 Å². The van der Waals surface area contributed by atoms with Crippen LogP contribution in [0.25, 0.3) is 0 Å². The number of aromatic nitrogens is 1. The Morgan fingerprint density at radius 3 is 2.41 bits per heavy atom. The summed E-state index contributed by atoms with van der Waals surface area (Å²) in [6.07, 6.45) is 1.58. The van der Waals surface area contributed by atoms with Crippen molar-refractivity contribution in [2.45, 2.75) is 18.7 Å². The van der Waals surface area contributed by atoms with Gasteiger partial charge >= 0.3 is 0 Å². The quantitative estimate of drug-likeness (QED) is 0.665. The molecule has 27 heavy (non-hydrogen) atoms. The van der Waals surface area contributed by atoms with E-state index in [1.54, 1.807) is 44.5 Å². The number of nitrogens with one attached hydrogen (secondary N) is 2. The van der Waals surface area contributed by atoms with E-state index in [2.05, 4.69) is 15.0 Å². The summed E-state index contributed by atoms with van der Waals surface area (Å²) < 4.78 is 32.8. The van der Waals surface area contributed by atoms with Crippen LogP contribution in [0, 0.1) is 13.8 Å². The van der Waals surface area contributed by atoms with Crippen molar-refractivity contribution < 1.29 is 13.2 Å². The zero-order valence-corrected chi connectivity index (χ0v) is 16.2. The predicted molar refractivity (Wildman–Crippen MR) is 107 cm³/mol. The molecule has 6 nitrogen and oxygen atoms in total. The maximum atomic E-state index is 12.6. The normalized spacial score (nSPS) is 11.1. The molecule has 0 radical (unpaired) electrons. The number of anilines is 3. The average molecular weight is 383 g/mol. The molecule has 0 aliphatic heterocycles. The number of hydrogen-bond donors (Lipinski definition) is 2. The van der Waals surface area contributed by atoms with Gasteiger partial charge in [0, 0.05) is 5.69 Å². The van der Waals surface area contributed by atoms with Crippen LogP contribution in [-0.2, 0) is 10.0 Å². The summed E-state index contributed by atoms with van der Waals surface area (Å²) in [5.74, 6) is 0.886. The van der Waals surface area contributed by atoms with Gasteiger partial charge in [-0.15, -0.1) is 0 Å². The Hall–Kier alpha value is -3.06. The number of hydrogen-bond acceptors (Lipinski definition) is 5. The zero-order chi connectivity index (χ0) is 19.4. The molecule has 0 unspecified atom stereocenters. The van der Waals surface area contributed by atoms with Gasteiger partial charge in [0.15, 0.2) is 0 Å². The summed E-state index contributed by atoms with van der Waals surface area (Å²) in [5.41, 5.74) is 3.60. The van der Waals surface area contributed by atoms with E-state index >= 15 is 0 Å². The first-order valence-corrected chi connectivity index (χ1v) is 9.83. The minimum Gasteiger partial charge on any atom is -0.496 e. The monoisotopic (exact) mass is 383 g/mol. The smallest absolute Gasteiger partial charge is 0.263 e. The standard InChI is InChI=1S/C20H21N3O3S/c1-14-5-4-6-16(11-14)22-17-7-10-20(21-13-17)23-27(24,25)18-8-9-19(26-3)15(2)12-18/h4-13,22H,1-3H3,(H,21,23). The summed E-state index contributed by atoms with van der Waals surface area (Å²) in [7, 11) is -2.18. The molecule has 1 heterocycles. The third-order valence-electron chi connectivity index (χ3n) is 3.99. The molecule has 1 aromatic heterocycles. The molecule has 0 aliphatic rings. The van der Waals surface area contributed by atoms with Crippen molar-refractivity contribution in [1.29, 1.82) is 0 Å². The van der Waals surface area contributed by atoms with E-state index < -0.39 is 10.0 Å². The first-order chi connectivity index (χ1) is 12.9. The molecule has 3 rings (SSSR count). The minimum atomic E-state index is -3.73. The van der Waals surface area contributed by atoms with Crippen molar-refractivity contribution in [3.05, 3.63) is 71.9 Å². The minimum absolute atomic E-state index is 0.157. The van der Waals surface area contributed by atoms with Gasteiger partial charge in [-0.05, 0) is 67.4 Å². The van der Waals surface area contributed by atoms with Crippen LogP contribution in [0.1, 0.15) is 11.1 Å². The molecular formula is C20H21N3O3S. The number of benzene rings is 2. The zero-order valence-electron chi connectivity index (χ0n) is 15.4. The van der Waals surface area contributed by atoms with Gasteiger partial charge in [-0.25, -0.2) is 13.4 Å². The fourth-order valence-corrected chi connectivity index (χ4v) is 3.73. The topological polar surface area (TPSA) is 80.3 Å². The molecule has 0 bridgehead atoms. The number of rotatable bonds is 6. The van der Waals surface area contributed by atoms with Gasteiger partial charge in [0.2, 0.25) is 0 Å². The molecule has 0 fully saturated rings. The van der Waals surface area contributed by atoms with Crippen molar-refractivity contribution in [3.63, 3.8) is 0 Å². The van der Waals surface area contributed by atoms with Crippen LogP contribution in [0.4, 0.5) is 17.2 Å². The second kappa shape index (κ2) is 7.67. The van der Waals surface area contributed by atoms with Crippen LogP contribution >= 0.6 is 0 Å². The lowest BCUT2D eigenvalue weighted by atomic mass is 10.2.